The Labute approximate surface area is 98.4 Å². The minimum absolute atomic E-state index is 0.210. The fraction of sp³-hybridized carbons (Fsp3) is 0.273. The number of hydrogen-bond donors (Lipinski definition) is 0. The Bertz CT molecular complexity index is 432. The Kier molecular flexibility index (Phi) is 3.64. The largest absolute Gasteiger partial charge is 0.375 e. The third-order valence-electron chi connectivity index (χ3n) is 2.12. The molecular weight excluding hydrogens is 262 g/mol. The summed E-state index contributed by atoms with van der Waals surface area (Å²) in [5, 5.41) is 0. The van der Waals surface area contributed by atoms with Gasteiger partial charge in [0.2, 0.25) is 0 Å². The van der Waals surface area contributed by atoms with Gasteiger partial charge in [0.05, 0.1) is 0 Å². The van der Waals surface area contributed by atoms with Gasteiger partial charge in [-0.3, -0.25) is 4.79 Å². The van der Waals surface area contributed by atoms with E-state index in [1.807, 2.05) is 0 Å². The molecular formula is C11H7F6O-. The van der Waals surface area contributed by atoms with Crippen LogP contribution >= 0.6 is 0 Å². The van der Waals surface area contributed by atoms with Crippen molar-refractivity contribution in [1.82, 2.24) is 0 Å². The van der Waals surface area contributed by atoms with Crippen LogP contribution in [0.1, 0.15) is 22.8 Å². The third-order valence-corrected chi connectivity index (χ3v) is 2.12. The number of carbonyl (C=O) groups is 1. The lowest BCUT2D eigenvalue weighted by Crippen LogP contribution is -2.35. The van der Waals surface area contributed by atoms with E-state index in [0.717, 1.165) is 19.1 Å². The highest BCUT2D eigenvalue weighted by molar-refractivity contribution is 5.94. The standard InChI is InChI=1S/C11H7F6O/c1-6(18)7-3-2-4-8(5-7)9(10(12,13)14)11(15,16)17/h2-5H,1H3/q-1. The van der Waals surface area contributed by atoms with Crippen molar-refractivity contribution in [2.45, 2.75) is 19.3 Å². The molecule has 0 amide bonds. The molecule has 0 unspecified atom stereocenters. The van der Waals surface area contributed by atoms with E-state index in [0.29, 0.717) is 12.1 Å². The zero-order chi connectivity index (χ0) is 14.1. The molecule has 0 radical (unpaired) electrons. The molecule has 18 heavy (non-hydrogen) atoms. The van der Waals surface area contributed by atoms with Gasteiger partial charge in [-0.05, 0) is 12.5 Å². The molecule has 0 aliphatic heterocycles. The number of Topliss-reactive ketones (excluding diaryl/α,β-unsaturated/α-hetero) is 1. The predicted octanol–water partition coefficient (Wildman–Crippen LogP) is 3.94. The maximum absolute atomic E-state index is 12.4. The molecule has 0 aliphatic carbocycles. The monoisotopic (exact) mass is 269 g/mol. The first kappa shape index (κ1) is 14.4. The van der Waals surface area contributed by atoms with E-state index >= 15 is 0 Å². The first-order chi connectivity index (χ1) is 8.03. The summed E-state index contributed by atoms with van der Waals surface area (Å²) in [4.78, 5) is 10.9. The summed E-state index contributed by atoms with van der Waals surface area (Å²) in [6, 6.07) is 3.38. The molecule has 1 aromatic carbocycles. The van der Waals surface area contributed by atoms with Crippen LogP contribution in [0.4, 0.5) is 26.3 Å². The lowest BCUT2D eigenvalue weighted by atomic mass is 9.95. The Hall–Kier alpha value is -1.66. The molecule has 0 atom stereocenters. The predicted molar refractivity (Wildman–Crippen MR) is 50.9 cm³/mol. The number of rotatable bonds is 2. The van der Waals surface area contributed by atoms with Crippen molar-refractivity contribution in [2.24, 2.45) is 0 Å². The number of benzene rings is 1. The van der Waals surface area contributed by atoms with Crippen molar-refractivity contribution < 1.29 is 31.1 Å². The first-order valence-corrected chi connectivity index (χ1v) is 4.66. The van der Waals surface area contributed by atoms with Gasteiger partial charge < -0.3 is 0 Å². The van der Waals surface area contributed by atoms with Crippen molar-refractivity contribution in [2.75, 3.05) is 0 Å². The average molecular weight is 269 g/mol. The molecule has 0 aliphatic rings. The van der Waals surface area contributed by atoms with E-state index in [1.54, 1.807) is 0 Å². The summed E-state index contributed by atoms with van der Waals surface area (Å²) in [5.41, 5.74) is -1.28. The second-order valence-corrected chi connectivity index (χ2v) is 3.51. The maximum atomic E-state index is 12.4. The molecule has 1 nitrogen and oxygen atoms in total. The molecule has 0 fully saturated rings. The molecule has 100 valence electrons. The molecule has 0 spiro atoms. The molecule has 0 saturated carbocycles. The Morgan fingerprint density at radius 2 is 1.56 bits per heavy atom. The van der Waals surface area contributed by atoms with E-state index < -0.39 is 29.6 Å². The van der Waals surface area contributed by atoms with Crippen molar-refractivity contribution in [3.63, 3.8) is 0 Å². The minimum atomic E-state index is -5.53. The van der Waals surface area contributed by atoms with Crippen molar-refractivity contribution in [3.8, 4) is 0 Å². The summed E-state index contributed by atoms with van der Waals surface area (Å²) < 4.78 is 74.4. The zero-order valence-electron chi connectivity index (χ0n) is 8.99. The summed E-state index contributed by atoms with van der Waals surface area (Å²) in [5.74, 6) is -3.22. The quantitative estimate of drug-likeness (QED) is 0.451. The van der Waals surface area contributed by atoms with Crippen LogP contribution in [0.5, 0.6) is 0 Å². The topological polar surface area (TPSA) is 17.1 Å². The highest BCUT2D eigenvalue weighted by Crippen LogP contribution is 2.45. The van der Waals surface area contributed by atoms with Gasteiger partial charge in [0.15, 0.2) is 0 Å². The van der Waals surface area contributed by atoms with Gasteiger partial charge in [0.25, 0.3) is 0 Å². The van der Waals surface area contributed by atoms with Gasteiger partial charge in [-0.25, -0.2) is 0 Å². The Morgan fingerprint density at radius 1 is 1.06 bits per heavy atom. The molecule has 7 heteroatoms. The fourth-order valence-electron chi connectivity index (χ4n) is 1.38. The van der Waals surface area contributed by atoms with Crippen LogP contribution in [0, 0.1) is 5.92 Å². The van der Waals surface area contributed by atoms with E-state index in [4.69, 9.17) is 0 Å². The molecule has 0 heterocycles. The van der Waals surface area contributed by atoms with Gasteiger partial charge in [-0.1, -0.05) is 6.07 Å². The highest BCUT2D eigenvalue weighted by atomic mass is 19.4. The number of alkyl halides is 6. The van der Waals surface area contributed by atoms with Crippen molar-refractivity contribution in [3.05, 3.63) is 41.3 Å². The normalized spacial score (nSPS) is 12.4. The van der Waals surface area contributed by atoms with Gasteiger partial charge in [-0.2, -0.15) is 44.0 Å². The number of ketones is 1. The van der Waals surface area contributed by atoms with Crippen LogP contribution in [-0.4, -0.2) is 18.1 Å². The molecule has 0 aromatic heterocycles. The summed E-state index contributed by atoms with van der Waals surface area (Å²) >= 11 is 0. The smallest absolute Gasteiger partial charge is 0.296 e. The molecule has 0 N–H and O–H groups in total. The SMILES string of the molecule is CC(=O)c1cccc([C-](C(F)(F)F)C(F)(F)F)c1. The molecule has 1 rings (SSSR count). The van der Waals surface area contributed by atoms with Gasteiger partial charge in [0, 0.05) is 5.92 Å². The lowest BCUT2D eigenvalue weighted by molar-refractivity contribution is -0.197. The maximum Gasteiger partial charge on any atom is 0.375 e. The third kappa shape index (κ3) is 3.18. The van der Waals surface area contributed by atoms with Crippen LogP contribution in [0.25, 0.3) is 0 Å². The van der Waals surface area contributed by atoms with Gasteiger partial charge in [-0.15, -0.1) is 6.07 Å². The van der Waals surface area contributed by atoms with E-state index in [-0.39, 0.29) is 5.56 Å². The highest BCUT2D eigenvalue weighted by Gasteiger charge is 2.51. The van der Waals surface area contributed by atoms with Crippen LogP contribution in [0.15, 0.2) is 24.3 Å². The van der Waals surface area contributed by atoms with Crippen LogP contribution in [-0.2, 0) is 0 Å². The Morgan fingerprint density at radius 3 is 1.94 bits per heavy atom. The van der Waals surface area contributed by atoms with Gasteiger partial charge in [0.1, 0.15) is 5.78 Å². The van der Waals surface area contributed by atoms with Crippen molar-refractivity contribution in [1.29, 1.82) is 0 Å². The van der Waals surface area contributed by atoms with E-state index in [2.05, 4.69) is 0 Å². The van der Waals surface area contributed by atoms with Crippen LogP contribution in [0.2, 0.25) is 0 Å². The second-order valence-electron chi connectivity index (χ2n) is 3.51. The van der Waals surface area contributed by atoms with Crippen molar-refractivity contribution >= 4 is 5.78 Å². The number of halogens is 6. The molecule has 0 saturated heterocycles. The number of hydrogen-bond acceptors (Lipinski definition) is 1. The van der Waals surface area contributed by atoms with Gasteiger partial charge >= 0.3 is 12.4 Å². The van der Waals surface area contributed by atoms with E-state index in [1.165, 1.54) is 0 Å². The summed E-state index contributed by atoms with van der Waals surface area (Å²) in [6.45, 7) is 1.06. The molecule has 1 aromatic rings. The lowest BCUT2D eigenvalue weighted by Gasteiger charge is -2.30. The molecule has 0 bridgehead atoms. The Balaban J connectivity index is 3.31. The fourth-order valence-corrected chi connectivity index (χ4v) is 1.38. The second kappa shape index (κ2) is 4.55. The number of carbonyl (C=O) groups excluding carboxylic acids is 1. The summed E-state index contributed by atoms with van der Waals surface area (Å²) in [7, 11) is 0. The first-order valence-electron chi connectivity index (χ1n) is 4.66. The van der Waals surface area contributed by atoms with Crippen LogP contribution < -0.4 is 0 Å². The zero-order valence-corrected chi connectivity index (χ0v) is 8.99. The summed E-state index contributed by atoms with van der Waals surface area (Å²) in [6.07, 6.45) is -11.1. The van der Waals surface area contributed by atoms with E-state index in [9.17, 15) is 31.1 Å². The minimum Gasteiger partial charge on any atom is -0.296 e. The average Bonchev–Trinajstić information content (AvgIpc) is 2.13. The van der Waals surface area contributed by atoms with Crippen LogP contribution in [0.3, 0.4) is 0 Å².